The van der Waals surface area contributed by atoms with Gasteiger partial charge in [0.05, 0.1) is 12.8 Å². The minimum atomic E-state index is 0.108. The molecule has 2 fully saturated rings. The maximum Gasteiger partial charge on any atom is 0.228 e. The Morgan fingerprint density at radius 1 is 1.13 bits per heavy atom. The molecule has 1 unspecified atom stereocenters. The molecule has 6 heteroatoms. The molecule has 0 radical (unpaired) electrons. The average Bonchev–Trinajstić information content (AvgIpc) is 3.31. The van der Waals surface area contributed by atoms with Crippen molar-refractivity contribution in [1.82, 2.24) is 14.5 Å². The van der Waals surface area contributed by atoms with Crippen molar-refractivity contribution >= 4 is 11.6 Å². The molecule has 1 saturated heterocycles. The number of carbonyl (C=O) groups excluding carboxylic acids is 1. The van der Waals surface area contributed by atoms with E-state index in [0.29, 0.717) is 5.75 Å². The molecule has 2 aliphatic rings. The van der Waals surface area contributed by atoms with E-state index in [0.717, 1.165) is 50.4 Å². The molecule has 1 aliphatic carbocycles. The summed E-state index contributed by atoms with van der Waals surface area (Å²) in [5.41, 5.74) is 2.17. The Morgan fingerprint density at radius 3 is 2.71 bits per heavy atom. The van der Waals surface area contributed by atoms with Gasteiger partial charge >= 0.3 is 0 Å². The number of hydrogen-bond donors (Lipinski definition) is 1. The third kappa shape index (κ3) is 3.95. The summed E-state index contributed by atoms with van der Waals surface area (Å²) in [5, 5.41) is 3.08. The third-order valence-corrected chi connectivity index (χ3v) is 6.84. The predicted molar refractivity (Wildman–Crippen MR) is 120 cm³/mol. The number of nitrogens with one attached hydrogen (secondary N) is 1. The van der Waals surface area contributed by atoms with E-state index in [4.69, 9.17) is 4.74 Å². The molecule has 5 rings (SSSR count). The highest BCUT2D eigenvalue weighted by Gasteiger charge is 2.58. The summed E-state index contributed by atoms with van der Waals surface area (Å²) in [6, 6.07) is 17.8. The van der Waals surface area contributed by atoms with Crippen LogP contribution in [0.3, 0.4) is 0 Å². The van der Waals surface area contributed by atoms with Crippen LogP contribution in [0.1, 0.15) is 25.0 Å². The molecule has 1 N–H and O–H groups in total. The second kappa shape index (κ2) is 8.19. The second-order valence-electron chi connectivity index (χ2n) is 8.64. The van der Waals surface area contributed by atoms with Crippen LogP contribution in [-0.2, 0) is 11.3 Å². The molecule has 2 aromatic heterocycles. The van der Waals surface area contributed by atoms with E-state index < -0.39 is 0 Å². The van der Waals surface area contributed by atoms with Crippen molar-refractivity contribution in [2.24, 2.45) is 11.3 Å². The molecule has 160 valence electrons. The van der Waals surface area contributed by atoms with Crippen molar-refractivity contribution in [1.29, 1.82) is 0 Å². The summed E-state index contributed by atoms with van der Waals surface area (Å²) in [4.78, 5) is 19.8. The van der Waals surface area contributed by atoms with Gasteiger partial charge in [0.2, 0.25) is 5.91 Å². The van der Waals surface area contributed by atoms with Crippen LogP contribution in [0, 0.1) is 11.3 Å². The normalized spacial score (nSPS) is 19.8. The number of amides is 1. The molecule has 1 saturated carbocycles. The zero-order chi connectivity index (χ0) is 21.3. The standard InChI is InChI=1S/C25H28N4O2/c1-31-22-9-3-2-8-21(22)27-24(30)20-17-25(20)11-15-28(16-12-25)18-19-7-6-14-29(19)23-10-4-5-13-26-23/h2-10,13-14,20H,11-12,15-18H2,1H3,(H,27,30). The molecular weight excluding hydrogens is 388 g/mol. The van der Waals surface area contributed by atoms with Crippen molar-refractivity contribution in [3.8, 4) is 11.6 Å². The average molecular weight is 417 g/mol. The van der Waals surface area contributed by atoms with Crippen LogP contribution in [0.4, 0.5) is 5.69 Å². The topological polar surface area (TPSA) is 59.4 Å². The fraction of sp³-hybridized carbons (Fsp3) is 0.360. The Labute approximate surface area is 182 Å². The summed E-state index contributed by atoms with van der Waals surface area (Å²) < 4.78 is 7.52. The van der Waals surface area contributed by atoms with E-state index in [1.165, 1.54) is 5.69 Å². The van der Waals surface area contributed by atoms with Gasteiger partial charge in [-0.2, -0.15) is 0 Å². The van der Waals surface area contributed by atoms with Gasteiger partial charge < -0.3 is 14.6 Å². The lowest BCUT2D eigenvalue weighted by Crippen LogP contribution is -2.36. The number of piperidine rings is 1. The quantitative estimate of drug-likeness (QED) is 0.657. The fourth-order valence-corrected chi connectivity index (χ4v) is 4.89. The first-order valence-electron chi connectivity index (χ1n) is 10.9. The Hall–Kier alpha value is -3.12. The van der Waals surface area contributed by atoms with Crippen molar-refractivity contribution in [3.63, 3.8) is 0 Å². The van der Waals surface area contributed by atoms with Crippen LogP contribution in [-0.4, -0.2) is 40.6 Å². The maximum atomic E-state index is 12.9. The van der Waals surface area contributed by atoms with Crippen LogP contribution < -0.4 is 10.1 Å². The fourth-order valence-electron chi connectivity index (χ4n) is 4.89. The summed E-state index contributed by atoms with van der Waals surface area (Å²) >= 11 is 0. The monoisotopic (exact) mass is 416 g/mol. The van der Waals surface area contributed by atoms with Gasteiger partial charge in [0.25, 0.3) is 0 Å². The van der Waals surface area contributed by atoms with Crippen molar-refractivity contribution in [2.45, 2.75) is 25.8 Å². The zero-order valence-corrected chi connectivity index (χ0v) is 17.8. The van der Waals surface area contributed by atoms with Crippen LogP contribution in [0.2, 0.25) is 0 Å². The highest BCUT2D eigenvalue weighted by Crippen LogP contribution is 2.59. The van der Waals surface area contributed by atoms with E-state index in [2.05, 4.69) is 38.1 Å². The number of para-hydroxylation sites is 2. The molecule has 1 aliphatic heterocycles. The van der Waals surface area contributed by atoms with Crippen molar-refractivity contribution in [2.75, 3.05) is 25.5 Å². The van der Waals surface area contributed by atoms with Gasteiger partial charge in [-0.05, 0) is 74.2 Å². The number of likely N-dealkylation sites (tertiary alicyclic amines) is 1. The number of aromatic nitrogens is 2. The van der Waals surface area contributed by atoms with E-state index >= 15 is 0 Å². The van der Waals surface area contributed by atoms with Crippen molar-refractivity contribution in [3.05, 3.63) is 72.7 Å². The van der Waals surface area contributed by atoms with E-state index in [-0.39, 0.29) is 17.2 Å². The Kier molecular flexibility index (Phi) is 5.24. The van der Waals surface area contributed by atoms with Crippen LogP contribution in [0.15, 0.2) is 67.0 Å². The molecule has 6 nitrogen and oxygen atoms in total. The van der Waals surface area contributed by atoms with Gasteiger partial charge in [-0.25, -0.2) is 4.98 Å². The van der Waals surface area contributed by atoms with Gasteiger partial charge in [-0.1, -0.05) is 18.2 Å². The molecule has 1 atom stereocenters. The lowest BCUT2D eigenvalue weighted by Gasteiger charge is -2.33. The number of methoxy groups -OCH3 is 1. The Morgan fingerprint density at radius 2 is 1.94 bits per heavy atom. The Balaban J connectivity index is 1.18. The molecule has 1 spiro atoms. The Bertz CT molecular complexity index is 1050. The minimum Gasteiger partial charge on any atom is -0.495 e. The van der Waals surface area contributed by atoms with Gasteiger partial charge in [-0.15, -0.1) is 0 Å². The lowest BCUT2D eigenvalue weighted by atomic mass is 9.90. The summed E-state index contributed by atoms with van der Waals surface area (Å²) in [6.07, 6.45) is 7.03. The third-order valence-electron chi connectivity index (χ3n) is 6.84. The first-order chi connectivity index (χ1) is 15.2. The number of hydrogen-bond acceptors (Lipinski definition) is 4. The maximum absolute atomic E-state index is 12.9. The first-order valence-corrected chi connectivity index (χ1v) is 10.9. The van der Waals surface area contributed by atoms with Gasteiger partial charge in [-0.3, -0.25) is 9.69 Å². The second-order valence-corrected chi connectivity index (χ2v) is 8.64. The molecule has 0 bridgehead atoms. The summed E-state index contributed by atoms with van der Waals surface area (Å²) in [6.45, 7) is 2.94. The minimum absolute atomic E-state index is 0.108. The highest BCUT2D eigenvalue weighted by atomic mass is 16.5. The van der Waals surface area contributed by atoms with E-state index in [9.17, 15) is 4.79 Å². The number of ether oxygens (including phenoxy) is 1. The smallest absolute Gasteiger partial charge is 0.228 e. The number of pyridine rings is 1. The van der Waals surface area contributed by atoms with Crippen LogP contribution in [0.25, 0.3) is 5.82 Å². The molecular formula is C25H28N4O2. The SMILES string of the molecule is COc1ccccc1NC(=O)C1CC12CCN(Cc1cccn1-c1ccccn1)CC2. The lowest BCUT2D eigenvalue weighted by molar-refractivity contribution is -0.118. The predicted octanol–water partition coefficient (Wildman–Crippen LogP) is 4.12. The summed E-state index contributed by atoms with van der Waals surface area (Å²) in [7, 11) is 1.63. The van der Waals surface area contributed by atoms with Gasteiger partial charge in [0.15, 0.2) is 0 Å². The first kappa shape index (κ1) is 19.8. The molecule has 3 aromatic rings. The number of anilines is 1. The van der Waals surface area contributed by atoms with Gasteiger partial charge in [0, 0.05) is 30.6 Å². The number of nitrogens with zero attached hydrogens (tertiary/aromatic N) is 3. The molecule has 31 heavy (non-hydrogen) atoms. The number of carbonyl (C=O) groups is 1. The number of benzene rings is 1. The molecule has 3 heterocycles. The van der Waals surface area contributed by atoms with Crippen LogP contribution >= 0.6 is 0 Å². The molecule has 1 amide bonds. The largest absolute Gasteiger partial charge is 0.495 e. The van der Waals surface area contributed by atoms with Crippen molar-refractivity contribution < 1.29 is 9.53 Å². The summed E-state index contributed by atoms with van der Waals surface area (Å²) in [5.74, 6) is 1.89. The van der Waals surface area contributed by atoms with E-state index in [1.807, 2.05) is 48.7 Å². The van der Waals surface area contributed by atoms with E-state index in [1.54, 1.807) is 7.11 Å². The number of rotatable bonds is 6. The zero-order valence-electron chi connectivity index (χ0n) is 17.8. The van der Waals surface area contributed by atoms with Gasteiger partial charge in [0.1, 0.15) is 11.6 Å². The highest BCUT2D eigenvalue weighted by molar-refractivity contribution is 5.96. The molecule has 1 aromatic carbocycles. The van der Waals surface area contributed by atoms with Crippen LogP contribution in [0.5, 0.6) is 5.75 Å².